The first-order valence-electron chi connectivity index (χ1n) is 14.9. The highest BCUT2D eigenvalue weighted by molar-refractivity contribution is 5.70. The number of hydrogen-bond acceptors (Lipinski definition) is 10. The van der Waals surface area contributed by atoms with Gasteiger partial charge in [0.05, 0.1) is 34.6 Å². The van der Waals surface area contributed by atoms with Gasteiger partial charge in [-0.3, -0.25) is 25.1 Å². The molecule has 0 saturated carbocycles. The van der Waals surface area contributed by atoms with Gasteiger partial charge in [0.2, 0.25) is 0 Å². The van der Waals surface area contributed by atoms with Crippen molar-refractivity contribution in [1.29, 1.82) is 0 Å². The Hall–Kier alpha value is -5.86. The molecule has 5 rings (SSSR count). The minimum atomic E-state index is -1.23. The zero-order valence-corrected chi connectivity index (χ0v) is 25.5. The molecule has 0 radical (unpaired) electrons. The summed E-state index contributed by atoms with van der Waals surface area (Å²) in [5, 5.41) is 46.5. The van der Waals surface area contributed by atoms with Crippen molar-refractivity contribution < 1.29 is 39.1 Å². The smallest absolute Gasteiger partial charge is 0.410 e. The molecule has 2 amide bonds. The van der Waals surface area contributed by atoms with E-state index in [2.05, 4.69) is 5.32 Å². The van der Waals surface area contributed by atoms with E-state index in [9.17, 15) is 40.0 Å². The molecule has 1 heterocycles. The third-order valence-electron chi connectivity index (χ3n) is 7.85. The van der Waals surface area contributed by atoms with Gasteiger partial charge in [-0.1, -0.05) is 36.4 Å². The van der Waals surface area contributed by atoms with Gasteiger partial charge in [-0.15, -0.1) is 0 Å². The van der Waals surface area contributed by atoms with Crippen LogP contribution in [0.2, 0.25) is 0 Å². The second-order valence-corrected chi connectivity index (χ2v) is 11.2. The molecule has 3 atom stereocenters. The fourth-order valence-corrected chi connectivity index (χ4v) is 5.39. The Balaban J connectivity index is 1.28. The number of non-ortho nitro benzene ring substituents is 2. The largest absolute Gasteiger partial charge is 0.445 e. The fraction of sp³-hybridized carbons (Fsp3) is 0.235. The minimum absolute atomic E-state index is 0.0355. The molecule has 248 valence electrons. The summed E-state index contributed by atoms with van der Waals surface area (Å²) < 4.78 is 10.7. The number of benzene rings is 4. The van der Waals surface area contributed by atoms with Gasteiger partial charge in [0.1, 0.15) is 13.2 Å². The van der Waals surface area contributed by atoms with Gasteiger partial charge in [-0.05, 0) is 76.2 Å². The van der Waals surface area contributed by atoms with E-state index in [0.717, 1.165) is 11.1 Å². The Bertz CT molecular complexity index is 1770. The lowest BCUT2D eigenvalue weighted by atomic mass is 9.93. The zero-order chi connectivity index (χ0) is 34.2. The van der Waals surface area contributed by atoms with Crippen LogP contribution in [0.25, 0.3) is 11.1 Å². The number of rotatable bonds is 11. The number of carbonyl (C=O) groups is 2. The number of carbonyl (C=O) groups excluding carboxylic acids is 2. The molecule has 0 aromatic heterocycles. The van der Waals surface area contributed by atoms with Crippen LogP contribution in [-0.2, 0) is 29.2 Å². The van der Waals surface area contributed by atoms with E-state index in [1.54, 1.807) is 12.1 Å². The normalized spacial score (nSPS) is 16.2. The first-order chi connectivity index (χ1) is 23.1. The molecule has 1 aliphatic heterocycles. The third-order valence-corrected chi connectivity index (χ3v) is 7.85. The molecule has 0 spiro atoms. The van der Waals surface area contributed by atoms with Gasteiger partial charge in [0.25, 0.3) is 11.4 Å². The van der Waals surface area contributed by atoms with Crippen molar-refractivity contribution >= 4 is 23.6 Å². The van der Waals surface area contributed by atoms with Gasteiger partial charge in [-0.25, -0.2) is 9.59 Å². The maximum atomic E-state index is 13.1. The van der Waals surface area contributed by atoms with E-state index in [-0.39, 0.29) is 44.1 Å². The average Bonchev–Trinajstić information content (AvgIpc) is 3.50. The molecule has 4 aromatic carbocycles. The number of likely N-dealkylation sites (tertiary alicyclic amines) is 1. The van der Waals surface area contributed by atoms with Crippen molar-refractivity contribution in [3.63, 3.8) is 0 Å². The lowest BCUT2D eigenvalue weighted by Crippen LogP contribution is -2.39. The van der Waals surface area contributed by atoms with Crippen LogP contribution in [0.3, 0.4) is 0 Å². The van der Waals surface area contributed by atoms with E-state index in [1.165, 1.54) is 53.4 Å². The summed E-state index contributed by atoms with van der Waals surface area (Å²) >= 11 is 0. The molecule has 1 aliphatic rings. The topological polar surface area (TPSA) is 195 Å². The lowest BCUT2D eigenvalue weighted by Gasteiger charge is -2.28. The Morgan fingerprint density at radius 1 is 0.812 bits per heavy atom. The van der Waals surface area contributed by atoms with Crippen LogP contribution in [0.15, 0.2) is 97.1 Å². The van der Waals surface area contributed by atoms with E-state index >= 15 is 0 Å². The second kappa shape index (κ2) is 15.2. The predicted molar refractivity (Wildman–Crippen MR) is 171 cm³/mol. The summed E-state index contributed by atoms with van der Waals surface area (Å²) in [4.78, 5) is 47.6. The van der Waals surface area contributed by atoms with Crippen molar-refractivity contribution in [3.05, 3.63) is 140 Å². The third kappa shape index (κ3) is 8.48. The quantitative estimate of drug-likeness (QED) is 0.139. The molecule has 0 bridgehead atoms. The van der Waals surface area contributed by atoms with Crippen molar-refractivity contribution in [2.75, 3.05) is 6.54 Å². The van der Waals surface area contributed by atoms with Gasteiger partial charge in [-0.2, -0.15) is 0 Å². The number of nitrogens with zero attached hydrogens (tertiary/aromatic N) is 3. The predicted octanol–water partition coefficient (Wildman–Crippen LogP) is 5.40. The maximum Gasteiger partial charge on any atom is 0.410 e. The van der Waals surface area contributed by atoms with Gasteiger partial charge in [0, 0.05) is 30.8 Å². The van der Waals surface area contributed by atoms with E-state index in [1.807, 2.05) is 36.4 Å². The molecule has 1 fully saturated rings. The Labute approximate surface area is 274 Å². The molecule has 4 aromatic rings. The van der Waals surface area contributed by atoms with E-state index in [0.29, 0.717) is 22.3 Å². The zero-order valence-electron chi connectivity index (χ0n) is 25.5. The average molecular weight is 657 g/mol. The summed E-state index contributed by atoms with van der Waals surface area (Å²) in [7, 11) is 0. The molecule has 1 unspecified atom stereocenters. The number of ether oxygens (including phenoxy) is 2. The number of nitro groups is 2. The lowest BCUT2D eigenvalue weighted by molar-refractivity contribution is -0.385. The fourth-order valence-electron chi connectivity index (χ4n) is 5.39. The Morgan fingerprint density at radius 2 is 1.40 bits per heavy atom. The van der Waals surface area contributed by atoms with Crippen molar-refractivity contribution in [3.8, 4) is 11.1 Å². The van der Waals surface area contributed by atoms with Crippen LogP contribution < -0.4 is 5.32 Å². The van der Waals surface area contributed by atoms with E-state index < -0.39 is 40.3 Å². The SMILES string of the molecule is O=C(NCc1cc(-c2ccccc2)cc(C(O)[C@@H]2C[C@@H](O)CN2C(=O)OCc2ccc([N+](=O)[O-])cc2)c1)OCc1ccc([N+](=O)[O-])cc1. The molecule has 48 heavy (non-hydrogen) atoms. The standard InChI is InChI=1S/C34H32N4O10/c39-30-17-31(36(19-30)34(42)48-21-23-8-12-29(13-9-23)38(45)46)32(40)27-15-24(14-26(16-27)25-4-2-1-3-5-25)18-35-33(41)47-20-22-6-10-28(11-7-22)37(43)44/h1-16,30-32,39-40H,17-21H2,(H,35,41)/t30-,31+,32?/m1/s1. The summed E-state index contributed by atoms with van der Waals surface area (Å²) in [6.45, 7) is -0.286. The second-order valence-electron chi connectivity index (χ2n) is 11.2. The van der Waals surface area contributed by atoms with Crippen LogP contribution in [-0.4, -0.2) is 55.8 Å². The highest BCUT2D eigenvalue weighted by Crippen LogP contribution is 2.33. The highest BCUT2D eigenvalue weighted by Gasteiger charge is 2.40. The summed E-state index contributed by atoms with van der Waals surface area (Å²) in [6, 6.07) is 25.1. The summed E-state index contributed by atoms with van der Waals surface area (Å²) in [5.41, 5.74) is 3.60. The van der Waals surface area contributed by atoms with E-state index in [4.69, 9.17) is 9.47 Å². The van der Waals surface area contributed by atoms with Crippen molar-refractivity contribution in [2.45, 2.75) is 44.4 Å². The molecule has 1 saturated heterocycles. The van der Waals surface area contributed by atoms with Crippen molar-refractivity contribution in [1.82, 2.24) is 10.2 Å². The van der Waals surface area contributed by atoms with Crippen LogP contribution in [0.1, 0.15) is 34.8 Å². The molecule has 14 nitrogen and oxygen atoms in total. The Morgan fingerprint density at radius 3 is 1.98 bits per heavy atom. The molecule has 0 aliphatic carbocycles. The molecular formula is C34H32N4O10. The highest BCUT2D eigenvalue weighted by atomic mass is 16.6. The van der Waals surface area contributed by atoms with Crippen LogP contribution in [0.5, 0.6) is 0 Å². The molecule has 3 N–H and O–H groups in total. The summed E-state index contributed by atoms with van der Waals surface area (Å²) in [5.74, 6) is 0. The van der Waals surface area contributed by atoms with Crippen molar-refractivity contribution in [2.24, 2.45) is 0 Å². The van der Waals surface area contributed by atoms with Gasteiger partial charge in [0.15, 0.2) is 0 Å². The number of nitro benzene ring substituents is 2. The number of nitrogens with one attached hydrogen (secondary N) is 1. The monoisotopic (exact) mass is 656 g/mol. The minimum Gasteiger partial charge on any atom is -0.445 e. The first-order valence-corrected chi connectivity index (χ1v) is 14.9. The number of alkyl carbamates (subject to hydrolysis) is 1. The van der Waals surface area contributed by atoms with Crippen LogP contribution in [0, 0.1) is 20.2 Å². The number of hydrogen-bond donors (Lipinski definition) is 3. The number of aliphatic hydroxyl groups is 2. The maximum absolute atomic E-state index is 13.1. The number of amides is 2. The molecule has 14 heteroatoms. The van der Waals surface area contributed by atoms with Crippen LogP contribution >= 0.6 is 0 Å². The Kier molecular flexibility index (Phi) is 10.6. The number of β-amino-alcohol motifs (C(OH)–C–C–N with tert-alkyl or cyclic N) is 1. The van der Waals surface area contributed by atoms with Crippen LogP contribution in [0.4, 0.5) is 21.0 Å². The molecular weight excluding hydrogens is 624 g/mol. The number of aliphatic hydroxyl groups excluding tert-OH is 2. The van der Waals surface area contributed by atoms with Gasteiger partial charge < -0.3 is 25.0 Å². The summed E-state index contributed by atoms with van der Waals surface area (Å²) in [6.07, 6.45) is -3.52. The first kappa shape index (κ1) is 33.5. The van der Waals surface area contributed by atoms with Gasteiger partial charge >= 0.3 is 12.2 Å².